The fourth-order valence-electron chi connectivity index (χ4n) is 0.866. The van der Waals surface area contributed by atoms with Gasteiger partial charge in [0.05, 0.1) is 0 Å². The lowest BCUT2D eigenvalue weighted by atomic mass is 10.2. The van der Waals surface area contributed by atoms with E-state index in [9.17, 15) is 0 Å². The van der Waals surface area contributed by atoms with Gasteiger partial charge in [0.2, 0.25) is 0 Å². The van der Waals surface area contributed by atoms with E-state index in [0.717, 1.165) is 5.56 Å². The summed E-state index contributed by atoms with van der Waals surface area (Å²) in [5, 5.41) is 9.01. The topological polar surface area (TPSA) is 58.6 Å². The van der Waals surface area contributed by atoms with Crippen molar-refractivity contribution in [3.63, 3.8) is 0 Å². The van der Waals surface area contributed by atoms with Crippen LogP contribution in [0, 0.1) is 0 Å². The lowest BCUT2D eigenvalue weighted by molar-refractivity contribution is 0.475. The molecular formula is C9H10N2OS. The fourth-order valence-corrected chi connectivity index (χ4v) is 0.965. The summed E-state index contributed by atoms with van der Waals surface area (Å²) in [6.45, 7) is 1.70. The summed E-state index contributed by atoms with van der Waals surface area (Å²) >= 11 is 4.78. The van der Waals surface area contributed by atoms with Gasteiger partial charge in [0.15, 0.2) is 0 Å². The van der Waals surface area contributed by atoms with Gasteiger partial charge in [0.1, 0.15) is 16.6 Å². The maximum absolute atomic E-state index is 9.01. The second kappa shape index (κ2) is 4.00. The van der Waals surface area contributed by atoms with Crippen LogP contribution in [0.3, 0.4) is 0 Å². The number of aromatic hydroxyl groups is 1. The van der Waals surface area contributed by atoms with Gasteiger partial charge in [0, 0.05) is 5.56 Å². The molecule has 0 heterocycles. The molecule has 0 atom stereocenters. The van der Waals surface area contributed by atoms with E-state index < -0.39 is 0 Å². The molecule has 1 aromatic carbocycles. The molecule has 0 aliphatic carbocycles. The standard InChI is InChI=1S/C9H10N2OS/c1-6(13)11-9(10)7-2-4-8(12)5-3-7/h2-5,12H,1H3,(H2,10,11,13). The number of thiocarbonyl (C=S) groups is 1. The van der Waals surface area contributed by atoms with E-state index in [-0.39, 0.29) is 5.75 Å². The van der Waals surface area contributed by atoms with E-state index in [1.165, 1.54) is 0 Å². The van der Waals surface area contributed by atoms with Crippen LogP contribution in [0.15, 0.2) is 29.3 Å². The molecule has 0 bridgehead atoms. The van der Waals surface area contributed by atoms with Crippen molar-refractivity contribution in [1.82, 2.24) is 0 Å². The van der Waals surface area contributed by atoms with Crippen molar-refractivity contribution in [2.75, 3.05) is 0 Å². The smallest absolute Gasteiger partial charge is 0.131 e. The lowest BCUT2D eigenvalue weighted by Crippen LogP contribution is -2.14. The van der Waals surface area contributed by atoms with Crippen molar-refractivity contribution >= 4 is 23.0 Å². The maximum Gasteiger partial charge on any atom is 0.131 e. The number of phenolic OH excluding ortho intramolecular Hbond substituents is 1. The van der Waals surface area contributed by atoms with E-state index in [1.807, 2.05) is 0 Å². The quantitative estimate of drug-likeness (QED) is 0.404. The van der Waals surface area contributed by atoms with Gasteiger partial charge in [-0.25, -0.2) is 4.99 Å². The first kappa shape index (κ1) is 9.67. The number of nitrogens with zero attached hydrogens (tertiary/aromatic N) is 1. The molecule has 0 unspecified atom stereocenters. The highest BCUT2D eigenvalue weighted by Gasteiger charge is 1.97. The minimum Gasteiger partial charge on any atom is -0.508 e. The van der Waals surface area contributed by atoms with Crippen LogP contribution in [0.4, 0.5) is 0 Å². The molecule has 0 saturated heterocycles. The fraction of sp³-hybridized carbons (Fsp3) is 0.111. The summed E-state index contributed by atoms with van der Waals surface area (Å²) in [6.07, 6.45) is 0. The van der Waals surface area contributed by atoms with E-state index >= 15 is 0 Å². The average molecular weight is 194 g/mol. The summed E-state index contributed by atoms with van der Waals surface area (Å²) in [6, 6.07) is 6.48. The van der Waals surface area contributed by atoms with Gasteiger partial charge in [-0.05, 0) is 31.2 Å². The third-order valence-electron chi connectivity index (χ3n) is 1.44. The Morgan fingerprint density at radius 1 is 1.38 bits per heavy atom. The van der Waals surface area contributed by atoms with Gasteiger partial charge < -0.3 is 10.8 Å². The van der Waals surface area contributed by atoms with E-state index in [1.54, 1.807) is 31.2 Å². The summed E-state index contributed by atoms with van der Waals surface area (Å²) in [5.74, 6) is 0.572. The van der Waals surface area contributed by atoms with Crippen LogP contribution in [0.25, 0.3) is 0 Å². The van der Waals surface area contributed by atoms with E-state index in [0.29, 0.717) is 10.8 Å². The van der Waals surface area contributed by atoms with Crippen molar-refractivity contribution in [3.8, 4) is 5.75 Å². The first-order chi connectivity index (χ1) is 6.09. The lowest BCUT2D eigenvalue weighted by Gasteiger charge is -1.99. The van der Waals surface area contributed by atoms with Crippen molar-refractivity contribution in [1.29, 1.82) is 0 Å². The summed E-state index contributed by atoms with van der Waals surface area (Å²) in [7, 11) is 0. The van der Waals surface area contributed by atoms with Crippen LogP contribution in [0.1, 0.15) is 12.5 Å². The zero-order valence-corrected chi connectivity index (χ0v) is 8.01. The highest BCUT2D eigenvalue weighted by atomic mass is 32.1. The second-order valence-electron chi connectivity index (χ2n) is 2.56. The van der Waals surface area contributed by atoms with Gasteiger partial charge in [-0.15, -0.1) is 0 Å². The first-order valence-corrected chi connectivity index (χ1v) is 4.14. The Balaban J connectivity index is 2.96. The Bertz CT molecular complexity index is 343. The molecule has 3 nitrogen and oxygen atoms in total. The zero-order chi connectivity index (χ0) is 9.84. The molecule has 0 spiro atoms. The molecule has 0 amide bonds. The van der Waals surface area contributed by atoms with Gasteiger partial charge in [-0.2, -0.15) is 0 Å². The Morgan fingerprint density at radius 2 is 1.92 bits per heavy atom. The van der Waals surface area contributed by atoms with Gasteiger partial charge in [-0.1, -0.05) is 12.2 Å². The number of nitrogens with two attached hydrogens (primary N) is 1. The maximum atomic E-state index is 9.01. The van der Waals surface area contributed by atoms with Gasteiger partial charge in [0.25, 0.3) is 0 Å². The minimum atomic E-state index is 0.204. The number of rotatable bonds is 1. The molecule has 0 aromatic heterocycles. The molecule has 1 aromatic rings. The van der Waals surface area contributed by atoms with Crippen LogP contribution < -0.4 is 5.73 Å². The highest BCUT2D eigenvalue weighted by molar-refractivity contribution is 7.80. The molecular weight excluding hydrogens is 184 g/mol. The zero-order valence-electron chi connectivity index (χ0n) is 7.19. The molecule has 0 saturated carbocycles. The Morgan fingerprint density at radius 3 is 2.38 bits per heavy atom. The van der Waals surface area contributed by atoms with E-state index in [2.05, 4.69) is 4.99 Å². The van der Waals surface area contributed by atoms with Crippen molar-refractivity contribution in [3.05, 3.63) is 29.8 Å². The molecule has 3 N–H and O–H groups in total. The van der Waals surface area contributed by atoms with Crippen molar-refractivity contribution in [2.24, 2.45) is 10.7 Å². The van der Waals surface area contributed by atoms with Gasteiger partial charge in [-0.3, -0.25) is 0 Å². The Labute approximate surface area is 81.9 Å². The Kier molecular flexibility index (Phi) is 2.97. The number of hydrogen-bond acceptors (Lipinski definition) is 2. The van der Waals surface area contributed by atoms with Crippen LogP contribution in [-0.4, -0.2) is 15.9 Å². The molecule has 13 heavy (non-hydrogen) atoms. The van der Waals surface area contributed by atoms with Crippen LogP contribution >= 0.6 is 12.2 Å². The van der Waals surface area contributed by atoms with Crippen LogP contribution in [0.5, 0.6) is 5.75 Å². The molecule has 68 valence electrons. The first-order valence-electron chi connectivity index (χ1n) is 3.73. The third kappa shape index (κ3) is 2.83. The highest BCUT2D eigenvalue weighted by Crippen LogP contribution is 2.09. The molecule has 0 radical (unpaired) electrons. The number of aliphatic imine (C=N–C) groups is 1. The normalized spacial score (nSPS) is 11.3. The largest absolute Gasteiger partial charge is 0.508 e. The molecule has 1 rings (SSSR count). The average Bonchev–Trinajstić information content (AvgIpc) is 2.04. The minimum absolute atomic E-state index is 0.204. The van der Waals surface area contributed by atoms with Crippen LogP contribution in [-0.2, 0) is 0 Å². The van der Waals surface area contributed by atoms with Crippen LogP contribution in [0.2, 0.25) is 0 Å². The molecule has 0 fully saturated rings. The molecule has 4 heteroatoms. The second-order valence-corrected chi connectivity index (χ2v) is 3.15. The number of phenols is 1. The summed E-state index contributed by atoms with van der Waals surface area (Å²) in [4.78, 5) is 4.41. The molecule has 0 aliphatic heterocycles. The summed E-state index contributed by atoms with van der Waals surface area (Å²) in [5.41, 5.74) is 6.38. The predicted octanol–water partition coefficient (Wildman–Crippen LogP) is 1.44. The number of hydrogen-bond donors (Lipinski definition) is 2. The van der Waals surface area contributed by atoms with Crippen molar-refractivity contribution in [2.45, 2.75) is 6.92 Å². The molecule has 0 aliphatic rings. The van der Waals surface area contributed by atoms with E-state index in [4.69, 9.17) is 23.1 Å². The Hall–Kier alpha value is -1.42. The predicted molar refractivity (Wildman–Crippen MR) is 57.1 cm³/mol. The van der Waals surface area contributed by atoms with Crippen molar-refractivity contribution < 1.29 is 5.11 Å². The monoisotopic (exact) mass is 194 g/mol. The SMILES string of the molecule is CC(=S)/N=C(/N)c1ccc(O)cc1. The number of amidine groups is 1. The number of benzene rings is 1. The van der Waals surface area contributed by atoms with Gasteiger partial charge >= 0.3 is 0 Å². The third-order valence-corrected chi connectivity index (χ3v) is 1.53. The summed E-state index contributed by atoms with van der Waals surface area (Å²) < 4.78 is 0.